The first-order chi connectivity index (χ1) is 14.9. The summed E-state index contributed by atoms with van der Waals surface area (Å²) >= 11 is 0. The number of hydrogen-bond acceptors (Lipinski definition) is 4. The summed E-state index contributed by atoms with van der Waals surface area (Å²) in [4.78, 5) is 19.4. The fourth-order valence-electron chi connectivity index (χ4n) is 4.50. The van der Waals surface area contributed by atoms with Crippen molar-refractivity contribution < 1.29 is 4.79 Å². The average Bonchev–Trinajstić information content (AvgIpc) is 3.31. The number of amides is 1. The lowest BCUT2D eigenvalue weighted by atomic mass is 9.82. The van der Waals surface area contributed by atoms with Crippen molar-refractivity contribution in [2.45, 2.75) is 51.5 Å². The second kappa shape index (κ2) is 8.79. The first-order valence-corrected chi connectivity index (χ1v) is 11.1. The standard InChI is InChI=1S/C25H33N5O/c1-17-18(7-8-23-21(17)16-28-29-23)12-20(30(3)4)15-27-24(31)13-22(25(2)9-10-25)19-6-5-11-26-14-19/h5-8,11,14,16,20,22H,9-10,12-13,15H2,1-4H3,(H,27,31)(H,28,29). The van der Waals surface area contributed by atoms with Gasteiger partial charge in [-0.3, -0.25) is 14.9 Å². The molecule has 4 rings (SSSR count). The van der Waals surface area contributed by atoms with Crippen LogP contribution in [0.1, 0.15) is 48.8 Å². The van der Waals surface area contributed by atoms with E-state index in [0.29, 0.717) is 13.0 Å². The molecule has 1 fully saturated rings. The normalized spacial score (nSPS) is 16.9. The van der Waals surface area contributed by atoms with Gasteiger partial charge >= 0.3 is 0 Å². The van der Waals surface area contributed by atoms with Crippen LogP contribution in [0.3, 0.4) is 0 Å². The number of pyridine rings is 1. The van der Waals surface area contributed by atoms with Gasteiger partial charge < -0.3 is 10.2 Å². The van der Waals surface area contributed by atoms with E-state index in [0.717, 1.165) is 17.3 Å². The molecule has 1 aromatic carbocycles. The molecular formula is C25H33N5O. The minimum Gasteiger partial charge on any atom is -0.355 e. The summed E-state index contributed by atoms with van der Waals surface area (Å²) in [5.41, 5.74) is 5.00. The van der Waals surface area contributed by atoms with Crippen LogP contribution in [0.25, 0.3) is 10.9 Å². The Morgan fingerprint density at radius 1 is 1.26 bits per heavy atom. The van der Waals surface area contributed by atoms with Crippen LogP contribution in [0.4, 0.5) is 0 Å². The van der Waals surface area contributed by atoms with Crippen molar-refractivity contribution in [2.24, 2.45) is 5.41 Å². The highest BCUT2D eigenvalue weighted by molar-refractivity contribution is 5.82. The third-order valence-corrected chi connectivity index (χ3v) is 7.08. The molecule has 2 N–H and O–H groups in total. The molecule has 0 spiro atoms. The SMILES string of the molecule is Cc1c(CC(CNC(=O)CC(c2cccnc2)C2(C)CC2)N(C)C)ccc2[nH]ncc12. The first-order valence-electron chi connectivity index (χ1n) is 11.1. The van der Waals surface area contributed by atoms with E-state index in [-0.39, 0.29) is 23.3 Å². The minimum absolute atomic E-state index is 0.121. The van der Waals surface area contributed by atoms with Crippen molar-refractivity contribution >= 4 is 16.8 Å². The van der Waals surface area contributed by atoms with Crippen molar-refractivity contribution in [1.82, 2.24) is 25.4 Å². The highest BCUT2D eigenvalue weighted by Crippen LogP contribution is 2.56. The number of nitrogens with zero attached hydrogens (tertiary/aromatic N) is 3. The lowest BCUT2D eigenvalue weighted by molar-refractivity contribution is -0.122. The summed E-state index contributed by atoms with van der Waals surface area (Å²) in [6, 6.07) is 8.55. The van der Waals surface area contributed by atoms with Gasteiger partial charge in [-0.2, -0.15) is 5.10 Å². The quantitative estimate of drug-likeness (QED) is 0.553. The van der Waals surface area contributed by atoms with Crippen LogP contribution in [-0.2, 0) is 11.2 Å². The van der Waals surface area contributed by atoms with Crippen LogP contribution in [0, 0.1) is 12.3 Å². The van der Waals surface area contributed by atoms with Gasteiger partial charge in [-0.25, -0.2) is 0 Å². The van der Waals surface area contributed by atoms with Crippen molar-refractivity contribution in [3.63, 3.8) is 0 Å². The molecule has 1 aliphatic carbocycles. The molecule has 0 bridgehead atoms. The summed E-state index contributed by atoms with van der Waals surface area (Å²) in [7, 11) is 4.15. The van der Waals surface area contributed by atoms with Crippen molar-refractivity contribution in [3.05, 3.63) is 59.5 Å². The molecule has 0 saturated heterocycles. The summed E-state index contributed by atoms with van der Waals surface area (Å²) in [5, 5.41) is 11.6. The van der Waals surface area contributed by atoms with Crippen LogP contribution < -0.4 is 5.32 Å². The highest BCUT2D eigenvalue weighted by Gasteiger charge is 2.46. The van der Waals surface area contributed by atoms with E-state index in [1.54, 1.807) is 6.20 Å². The Morgan fingerprint density at radius 3 is 2.74 bits per heavy atom. The predicted octanol–water partition coefficient (Wildman–Crippen LogP) is 3.83. The zero-order valence-electron chi connectivity index (χ0n) is 19.0. The summed E-state index contributed by atoms with van der Waals surface area (Å²) in [6.07, 6.45) is 9.34. The lowest BCUT2D eigenvalue weighted by Crippen LogP contribution is -2.42. The molecule has 1 aliphatic rings. The topological polar surface area (TPSA) is 73.9 Å². The number of H-pyrrole nitrogens is 1. The fraction of sp³-hybridized carbons (Fsp3) is 0.480. The van der Waals surface area contributed by atoms with E-state index in [9.17, 15) is 4.79 Å². The molecule has 2 heterocycles. The van der Waals surface area contributed by atoms with Gasteiger partial charge in [0.15, 0.2) is 0 Å². The lowest BCUT2D eigenvalue weighted by Gasteiger charge is -2.27. The average molecular weight is 420 g/mol. The van der Waals surface area contributed by atoms with E-state index in [2.05, 4.69) is 71.5 Å². The Kier molecular flexibility index (Phi) is 6.10. The molecule has 1 saturated carbocycles. The van der Waals surface area contributed by atoms with E-state index < -0.39 is 0 Å². The Labute approximate surface area is 184 Å². The molecule has 164 valence electrons. The van der Waals surface area contributed by atoms with Crippen LogP contribution >= 0.6 is 0 Å². The molecule has 3 aromatic rings. The molecule has 2 atom stereocenters. The van der Waals surface area contributed by atoms with Crippen LogP contribution in [0.15, 0.2) is 42.9 Å². The second-order valence-electron chi connectivity index (χ2n) is 9.50. The number of aryl methyl sites for hydroxylation is 1. The van der Waals surface area contributed by atoms with Gasteiger partial charge in [-0.05, 0) is 80.4 Å². The van der Waals surface area contributed by atoms with E-state index >= 15 is 0 Å². The second-order valence-corrected chi connectivity index (χ2v) is 9.50. The van der Waals surface area contributed by atoms with Gasteiger partial charge in [0.25, 0.3) is 0 Å². The van der Waals surface area contributed by atoms with Crippen LogP contribution in [0.2, 0.25) is 0 Å². The Hall–Kier alpha value is -2.73. The predicted molar refractivity (Wildman–Crippen MR) is 124 cm³/mol. The van der Waals surface area contributed by atoms with Gasteiger partial charge in [-0.15, -0.1) is 0 Å². The monoisotopic (exact) mass is 419 g/mol. The molecule has 2 aromatic heterocycles. The molecule has 6 heteroatoms. The van der Waals surface area contributed by atoms with E-state index in [4.69, 9.17) is 0 Å². The maximum Gasteiger partial charge on any atom is 0.220 e. The van der Waals surface area contributed by atoms with Gasteiger partial charge in [0.05, 0.1) is 11.7 Å². The van der Waals surface area contributed by atoms with Gasteiger partial charge in [-0.1, -0.05) is 19.1 Å². The smallest absolute Gasteiger partial charge is 0.220 e. The molecule has 0 radical (unpaired) electrons. The number of aromatic nitrogens is 3. The summed E-state index contributed by atoms with van der Waals surface area (Å²) in [6.45, 7) is 5.06. The van der Waals surface area contributed by atoms with E-state index in [1.165, 1.54) is 29.5 Å². The third-order valence-electron chi connectivity index (χ3n) is 7.08. The number of carbonyl (C=O) groups excluding carboxylic acids is 1. The summed E-state index contributed by atoms with van der Waals surface area (Å²) < 4.78 is 0. The summed E-state index contributed by atoms with van der Waals surface area (Å²) in [5.74, 6) is 0.348. The Balaban J connectivity index is 1.40. The highest BCUT2D eigenvalue weighted by atomic mass is 16.1. The van der Waals surface area contributed by atoms with Crippen molar-refractivity contribution in [2.75, 3.05) is 20.6 Å². The fourth-order valence-corrected chi connectivity index (χ4v) is 4.50. The zero-order valence-corrected chi connectivity index (χ0v) is 19.0. The maximum atomic E-state index is 12.9. The number of carbonyl (C=O) groups is 1. The number of nitrogens with one attached hydrogen (secondary N) is 2. The van der Waals surface area contributed by atoms with Crippen LogP contribution in [0.5, 0.6) is 0 Å². The van der Waals surface area contributed by atoms with Crippen molar-refractivity contribution in [3.8, 4) is 0 Å². The number of benzene rings is 1. The van der Waals surface area contributed by atoms with Crippen LogP contribution in [-0.4, -0.2) is 52.7 Å². The van der Waals surface area contributed by atoms with E-state index in [1.807, 2.05) is 18.5 Å². The molecule has 0 aliphatic heterocycles. The largest absolute Gasteiger partial charge is 0.355 e. The number of fused-ring (bicyclic) bond motifs is 1. The minimum atomic E-state index is 0.121. The Morgan fingerprint density at radius 2 is 2.06 bits per heavy atom. The third kappa shape index (κ3) is 4.79. The number of hydrogen-bond donors (Lipinski definition) is 2. The maximum absolute atomic E-state index is 12.9. The molecule has 2 unspecified atom stereocenters. The van der Waals surface area contributed by atoms with Gasteiger partial charge in [0, 0.05) is 36.8 Å². The van der Waals surface area contributed by atoms with Crippen molar-refractivity contribution in [1.29, 1.82) is 0 Å². The Bertz CT molecular complexity index is 1040. The first kappa shape index (κ1) is 21.5. The number of aromatic amines is 1. The molecule has 1 amide bonds. The molecule has 31 heavy (non-hydrogen) atoms. The molecule has 6 nitrogen and oxygen atoms in total. The molecular weight excluding hydrogens is 386 g/mol. The van der Waals surface area contributed by atoms with Gasteiger partial charge in [0.2, 0.25) is 5.91 Å². The number of rotatable bonds is 9. The number of likely N-dealkylation sites (N-methyl/N-ethyl adjacent to an activating group) is 1. The van der Waals surface area contributed by atoms with Gasteiger partial charge in [0.1, 0.15) is 0 Å². The zero-order chi connectivity index (χ0) is 22.0.